The molecular weight excluding hydrogens is 364 g/mol. The van der Waals surface area contributed by atoms with E-state index >= 15 is 0 Å². The maximum Gasteiger partial charge on any atom is 0.223 e. The van der Waals surface area contributed by atoms with Crippen LogP contribution in [0.15, 0.2) is 23.7 Å². The molecule has 2 N–H and O–H groups in total. The van der Waals surface area contributed by atoms with Crippen LogP contribution in [0.3, 0.4) is 0 Å². The highest BCUT2D eigenvalue weighted by atomic mass is 32.1. The van der Waals surface area contributed by atoms with Crippen molar-refractivity contribution in [2.75, 3.05) is 6.61 Å². The normalized spacial score (nSPS) is 28.6. The van der Waals surface area contributed by atoms with Gasteiger partial charge in [0.1, 0.15) is 17.4 Å². The smallest absolute Gasteiger partial charge is 0.223 e. The topological polar surface area (TPSA) is 80.7 Å². The SMILES string of the molecule is CC(C)(O)[C@@H]1CC[C@@H](NC(=O)C2CC(Oc3cccc4scnc34)C2)CO1. The third-order valence-corrected chi connectivity index (χ3v) is 6.29. The zero-order chi connectivity index (χ0) is 19.0. The van der Waals surface area contributed by atoms with Gasteiger partial charge in [-0.25, -0.2) is 4.98 Å². The van der Waals surface area contributed by atoms with E-state index < -0.39 is 5.60 Å². The monoisotopic (exact) mass is 390 g/mol. The molecule has 1 aliphatic carbocycles. The lowest BCUT2D eigenvalue weighted by atomic mass is 9.81. The van der Waals surface area contributed by atoms with Crippen LogP contribution in [0.2, 0.25) is 0 Å². The van der Waals surface area contributed by atoms with Crippen LogP contribution >= 0.6 is 11.3 Å². The van der Waals surface area contributed by atoms with E-state index in [1.165, 1.54) is 0 Å². The number of nitrogens with one attached hydrogen (secondary N) is 1. The van der Waals surface area contributed by atoms with Gasteiger partial charge in [-0.3, -0.25) is 4.79 Å². The van der Waals surface area contributed by atoms with Crippen molar-refractivity contribution < 1.29 is 19.4 Å². The van der Waals surface area contributed by atoms with Gasteiger partial charge in [-0.05, 0) is 51.7 Å². The first kappa shape index (κ1) is 18.7. The molecular formula is C20H26N2O4S. The summed E-state index contributed by atoms with van der Waals surface area (Å²) < 4.78 is 12.9. The number of aromatic nitrogens is 1. The van der Waals surface area contributed by atoms with Crippen LogP contribution in [0.5, 0.6) is 5.75 Å². The number of hydrogen-bond acceptors (Lipinski definition) is 6. The summed E-state index contributed by atoms with van der Waals surface area (Å²) in [5, 5.41) is 13.1. The van der Waals surface area contributed by atoms with Crippen molar-refractivity contribution >= 4 is 27.5 Å². The molecule has 1 amide bonds. The molecule has 27 heavy (non-hydrogen) atoms. The molecule has 6 nitrogen and oxygen atoms in total. The Morgan fingerprint density at radius 1 is 1.37 bits per heavy atom. The quantitative estimate of drug-likeness (QED) is 0.821. The Bertz CT molecular complexity index is 802. The number of para-hydroxylation sites is 1. The minimum Gasteiger partial charge on any atom is -0.488 e. The van der Waals surface area contributed by atoms with E-state index in [-0.39, 0.29) is 30.1 Å². The highest BCUT2D eigenvalue weighted by Gasteiger charge is 2.38. The van der Waals surface area contributed by atoms with Gasteiger partial charge in [0.05, 0.1) is 34.6 Å². The number of rotatable bonds is 5. The van der Waals surface area contributed by atoms with E-state index in [0.29, 0.717) is 6.61 Å². The molecule has 146 valence electrons. The molecule has 2 atom stereocenters. The minimum absolute atomic E-state index is 0.00311. The second kappa shape index (κ2) is 7.37. The van der Waals surface area contributed by atoms with E-state index in [0.717, 1.165) is 41.6 Å². The van der Waals surface area contributed by atoms with E-state index in [4.69, 9.17) is 9.47 Å². The predicted molar refractivity (Wildman–Crippen MR) is 104 cm³/mol. The molecule has 4 rings (SSSR count). The van der Waals surface area contributed by atoms with Crippen molar-refractivity contribution in [3.8, 4) is 5.75 Å². The molecule has 7 heteroatoms. The lowest BCUT2D eigenvalue weighted by Crippen LogP contribution is -2.51. The van der Waals surface area contributed by atoms with E-state index in [9.17, 15) is 9.90 Å². The van der Waals surface area contributed by atoms with E-state index in [1.54, 1.807) is 25.2 Å². The molecule has 1 saturated carbocycles. The zero-order valence-electron chi connectivity index (χ0n) is 15.7. The Balaban J connectivity index is 1.23. The van der Waals surface area contributed by atoms with Gasteiger partial charge in [0, 0.05) is 5.92 Å². The van der Waals surface area contributed by atoms with Crippen LogP contribution in [0, 0.1) is 5.92 Å². The Morgan fingerprint density at radius 3 is 2.89 bits per heavy atom. The maximum absolute atomic E-state index is 12.5. The van der Waals surface area contributed by atoms with Crippen molar-refractivity contribution in [2.45, 2.75) is 63.4 Å². The maximum atomic E-state index is 12.5. The first-order valence-corrected chi connectivity index (χ1v) is 10.4. The summed E-state index contributed by atoms with van der Waals surface area (Å²) in [7, 11) is 0. The Labute approximate surface area is 162 Å². The molecule has 2 aromatic rings. The molecule has 0 bridgehead atoms. The number of thiazole rings is 1. The number of fused-ring (bicyclic) bond motifs is 1. The van der Waals surface area contributed by atoms with Crippen molar-refractivity contribution in [3.63, 3.8) is 0 Å². The van der Waals surface area contributed by atoms with Gasteiger partial charge in [0.15, 0.2) is 0 Å². The minimum atomic E-state index is -0.840. The van der Waals surface area contributed by atoms with Gasteiger partial charge in [-0.2, -0.15) is 0 Å². The number of carbonyl (C=O) groups excluding carboxylic acids is 1. The van der Waals surface area contributed by atoms with Gasteiger partial charge in [-0.1, -0.05) is 6.07 Å². The highest BCUT2D eigenvalue weighted by molar-refractivity contribution is 7.16. The first-order valence-electron chi connectivity index (χ1n) is 9.53. The second-order valence-electron chi connectivity index (χ2n) is 8.12. The predicted octanol–water partition coefficient (Wildman–Crippen LogP) is 2.89. The third kappa shape index (κ3) is 4.10. The van der Waals surface area contributed by atoms with Crippen LogP contribution in [0.25, 0.3) is 10.2 Å². The number of benzene rings is 1. The fourth-order valence-electron chi connectivity index (χ4n) is 3.75. The summed E-state index contributed by atoms with van der Waals surface area (Å²) in [6.07, 6.45) is 2.94. The van der Waals surface area contributed by atoms with Gasteiger partial charge in [0.25, 0.3) is 0 Å². The summed E-state index contributed by atoms with van der Waals surface area (Å²) in [5.41, 5.74) is 1.88. The summed E-state index contributed by atoms with van der Waals surface area (Å²) in [6.45, 7) is 3.98. The summed E-state index contributed by atoms with van der Waals surface area (Å²) in [6, 6.07) is 5.97. The molecule has 0 spiro atoms. The van der Waals surface area contributed by atoms with E-state index in [1.807, 2.05) is 23.7 Å². The summed E-state index contributed by atoms with van der Waals surface area (Å²) in [4.78, 5) is 16.8. The molecule has 1 aliphatic heterocycles. The molecule has 0 unspecified atom stereocenters. The number of nitrogens with zero attached hydrogens (tertiary/aromatic N) is 1. The largest absolute Gasteiger partial charge is 0.488 e. The molecule has 2 heterocycles. The van der Waals surface area contributed by atoms with Crippen molar-refractivity contribution in [3.05, 3.63) is 23.7 Å². The van der Waals surface area contributed by atoms with Crippen LogP contribution < -0.4 is 10.1 Å². The van der Waals surface area contributed by atoms with Crippen LogP contribution in [-0.4, -0.2) is 46.5 Å². The summed E-state index contributed by atoms with van der Waals surface area (Å²) >= 11 is 1.60. The third-order valence-electron chi connectivity index (χ3n) is 5.49. The molecule has 2 aliphatic rings. The van der Waals surface area contributed by atoms with Crippen LogP contribution in [0.1, 0.15) is 39.5 Å². The Morgan fingerprint density at radius 2 is 2.19 bits per heavy atom. The second-order valence-corrected chi connectivity index (χ2v) is 9.01. The van der Waals surface area contributed by atoms with Crippen LogP contribution in [-0.2, 0) is 9.53 Å². The molecule has 1 saturated heterocycles. The van der Waals surface area contributed by atoms with Crippen molar-refractivity contribution in [1.82, 2.24) is 10.3 Å². The van der Waals surface area contributed by atoms with Crippen LogP contribution in [0.4, 0.5) is 0 Å². The lowest BCUT2D eigenvalue weighted by Gasteiger charge is -2.38. The number of amides is 1. The Kier molecular flexibility index (Phi) is 5.09. The van der Waals surface area contributed by atoms with Gasteiger partial charge in [-0.15, -0.1) is 11.3 Å². The van der Waals surface area contributed by atoms with E-state index in [2.05, 4.69) is 10.3 Å². The number of carbonyl (C=O) groups is 1. The highest BCUT2D eigenvalue weighted by Crippen LogP contribution is 2.35. The summed E-state index contributed by atoms with van der Waals surface area (Å²) in [5.74, 6) is 0.879. The average Bonchev–Trinajstić information content (AvgIpc) is 3.06. The fraction of sp³-hybridized carbons (Fsp3) is 0.600. The van der Waals surface area contributed by atoms with Crippen molar-refractivity contribution in [1.29, 1.82) is 0 Å². The molecule has 0 radical (unpaired) electrons. The Hall–Kier alpha value is -1.70. The number of aliphatic hydroxyl groups is 1. The van der Waals surface area contributed by atoms with Gasteiger partial charge in [0.2, 0.25) is 5.91 Å². The number of hydrogen-bond donors (Lipinski definition) is 2. The van der Waals surface area contributed by atoms with Gasteiger partial charge < -0.3 is 19.9 Å². The van der Waals surface area contributed by atoms with Gasteiger partial charge >= 0.3 is 0 Å². The molecule has 2 fully saturated rings. The standard InChI is InChI=1S/C20H26N2O4S/c1-20(2,24)17-7-6-13(10-25-17)22-19(23)12-8-14(9-12)26-15-4-3-5-16-18(15)21-11-27-16/h3-5,11-14,17,24H,6-10H2,1-2H3,(H,22,23)/t12?,13-,14?,17+/m1/s1. The number of ether oxygens (including phenoxy) is 2. The molecule has 1 aromatic carbocycles. The first-order chi connectivity index (χ1) is 12.9. The molecule has 1 aromatic heterocycles. The zero-order valence-corrected chi connectivity index (χ0v) is 16.5. The fourth-order valence-corrected chi connectivity index (χ4v) is 4.45. The van der Waals surface area contributed by atoms with Crippen molar-refractivity contribution in [2.24, 2.45) is 5.92 Å². The average molecular weight is 391 g/mol. The lowest BCUT2D eigenvalue weighted by molar-refractivity contribution is -0.137.